The van der Waals surface area contributed by atoms with Gasteiger partial charge in [0, 0.05) is 10.7 Å². The van der Waals surface area contributed by atoms with Crippen LogP contribution in [0, 0.1) is 11.3 Å². The summed E-state index contributed by atoms with van der Waals surface area (Å²) in [6.07, 6.45) is 4.88. The first-order valence-corrected chi connectivity index (χ1v) is 6.78. The minimum Gasteiger partial charge on any atom is -0.207 e. The lowest BCUT2D eigenvalue weighted by molar-refractivity contribution is 0.615. The van der Waals surface area contributed by atoms with Gasteiger partial charge >= 0.3 is 0 Å². The highest BCUT2D eigenvalue weighted by Gasteiger charge is 2.08. The highest BCUT2D eigenvalue weighted by Crippen LogP contribution is 2.13. The maximum absolute atomic E-state index is 10.8. The average Bonchev–Trinajstić information content (AvgIpc) is 2.25. The number of rotatable bonds is 4. The number of halogens is 1. The third-order valence-electron chi connectivity index (χ3n) is 1.26. The lowest BCUT2D eigenvalue weighted by Gasteiger charge is -1.92. The normalized spacial score (nSPS) is 11.9. The number of allylic oxidation sites excluding steroid dienone is 5. The second kappa shape index (κ2) is 8.96. The van der Waals surface area contributed by atoms with Crippen molar-refractivity contribution in [2.75, 3.05) is 0 Å². The molecule has 0 aromatic rings. The van der Waals surface area contributed by atoms with Gasteiger partial charge in [-0.2, -0.15) is 5.26 Å². The van der Waals surface area contributed by atoms with Crippen molar-refractivity contribution in [3.63, 3.8) is 0 Å². The third kappa shape index (κ3) is 7.04. The van der Waals surface area contributed by atoms with Crippen molar-refractivity contribution in [1.82, 2.24) is 0 Å². The molecule has 0 amide bonds. The fraction of sp³-hybridized carbons (Fsp3) is 0.182. The van der Waals surface area contributed by atoms with Crippen molar-refractivity contribution in [1.29, 1.82) is 5.26 Å². The molecule has 0 unspecified atom stereocenters. The summed E-state index contributed by atoms with van der Waals surface area (Å²) >= 11 is 0. The lowest BCUT2D eigenvalue weighted by atomic mass is 10.2. The van der Waals surface area contributed by atoms with Gasteiger partial charge in [0.25, 0.3) is 9.05 Å². The monoisotopic (exact) mass is 259 g/mol. The smallest absolute Gasteiger partial charge is 0.207 e. The van der Waals surface area contributed by atoms with Crippen molar-refractivity contribution < 1.29 is 8.42 Å². The highest BCUT2D eigenvalue weighted by atomic mass is 35.7. The zero-order chi connectivity index (χ0) is 13.2. The van der Waals surface area contributed by atoms with E-state index < -0.39 is 9.05 Å². The van der Waals surface area contributed by atoms with Gasteiger partial charge in [-0.25, -0.2) is 8.42 Å². The Labute approximate surface area is 101 Å². The highest BCUT2D eigenvalue weighted by molar-refractivity contribution is 8.17. The average molecular weight is 260 g/mol. The quantitative estimate of drug-likeness (QED) is 0.442. The van der Waals surface area contributed by atoms with Crippen LogP contribution in [0.5, 0.6) is 0 Å². The molecule has 0 aromatic carbocycles. The van der Waals surface area contributed by atoms with E-state index in [1.807, 2.05) is 19.9 Å². The summed E-state index contributed by atoms with van der Waals surface area (Å²) in [6, 6.07) is 1.81. The lowest BCUT2D eigenvalue weighted by Crippen LogP contribution is -1.90. The predicted octanol–water partition coefficient (Wildman–Crippen LogP) is 3.29. The van der Waals surface area contributed by atoms with Gasteiger partial charge in [0.2, 0.25) is 0 Å². The topological polar surface area (TPSA) is 57.9 Å². The van der Waals surface area contributed by atoms with Gasteiger partial charge in [0.05, 0.1) is 16.5 Å². The van der Waals surface area contributed by atoms with Crippen LogP contribution >= 0.6 is 10.7 Å². The Kier molecular flexibility index (Phi) is 9.57. The molecular weight excluding hydrogens is 246 g/mol. The molecule has 88 valence electrons. The van der Waals surface area contributed by atoms with E-state index in [-0.39, 0.29) is 10.5 Å². The summed E-state index contributed by atoms with van der Waals surface area (Å²) in [7, 11) is 1.26. The van der Waals surface area contributed by atoms with Gasteiger partial charge in [-0.1, -0.05) is 33.1 Å². The summed E-state index contributed by atoms with van der Waals surface area (Å²) in [6.45, 7) is 10.7. The van der Waals surface area contributed by atoms with Crippen molar-refractivity contribution in [2.24, 2.45) is 0 Å². The largest absolute Gasteiger partial charge is 0.261 e. The second-order valence-corrected chi connectivity index (χ2v) is 4.71. The maximum atomic E-state index is 10.8. The molecule has 0 N–H and O–H groups in total. The molecule has 16 heavy (non-hydrogen) atoms. The summed E-state index contributed by atoms with van der Waals surface area (Å²) in [4.78, 5) is -0.159. The van der Waals surface area contributed by atoms with E-state index in [0.717, 1.165) is 6.08 Å². The zero-order valence-electron chi connectivity index (χ0n) is 9.27. The van der Waals surface area contributed by atoms with E-state index >= 15 is 0 Å². The minimum atomic E-state index is -3.80. The van der Waals surface area contributed by atoms with Gasteiger partial charge < -0.3 is 0 Å². The molecule has 0 aliphatic heterocycles. The standard InChI is InChI=1S/C9H8ClNO2S.C2H6/c1-3-8(7-11)5-6-9(4-2)14(10,12)13;1-2/h3-6H,1-2H2;1-2H3/b8-5+,9-6+;. The van der Waals surface area contributed by atoms with E-state index in [1.54, 1.807) is 0 Å². The van der Waals surface area contributed by atoms with E-state index in [9.17, 15) is 8.42 Å². The molecule has 0 spiro atoms. The first-order valence-electron chi connectivity index (χ1n) is 4.47. The van der Waals surface area contributed by atoms with Crippen molar-refractivity contribution in [2.45, 2.75) is 13.8 Å². The number of hydrogen-bond acceptors (Lipinski definition) is 3. The minimum absolute atomic E-state index is 0.159. The Hall–Kier alpha value is -1.31. The first kappa shape index (κ1) is 17.1. The zero-order valence-corrected chi connectivity index (χ0v) is 10.8. The molecule has 0 heterocycles. The molecular formula is C11H14ClNO2S. The van der Waals surface area contributed by atoms with Gasteiger partial charge in [0.15, 0.2) is 0 Å². The van der Waals surface area contributed by atoms with Crippen LogP contribution in [0.4, 0.5) is 0 Å². The molecule has 0 rings (SSSR count). The molecule has 3 nitrogen and oxygen atoms in total. The van der Waals surface area contributed by atoms with E-state index in [2.05, 4.69) is 13.2 Å². The molecule has 0 aliphatic rings. The van der Waals surface area contributed by atoms with Gasteiger partial charge in [0.1, 0.15) is 0 Å². The van der Waals surface area contributed by atoms with Gasteiger partial charge in [-0.05, 0) is 18.2 Å². The van der Waals surface area contributed by atoms with Crippen LogP contribution in [0.3, 0.4) is 0 Å². The summed E-state index contributed by atoms with van der Waals surface area (Å²) in [5, 5.41) is 8.49. The van der Waals surface area contributed by atoms with Crippen molar-refractivity contribution in [3.05, 3.63) is 47.9 Å². The summed E-state index contributed by atoms with van der Waals surface area (Å²) in [5.41, 5.74) is 0.240. The van der Waals surface area contributed by atoms with Crippen LogP contribution in [0.25, 0.3) is 0 Å². The second-order valence-electron chi connectivity index (χ2n) is 2.15. The fourth-order valence-corrected chi connectivity index (χ4v) is 1.34. The Balaban J connectivity index is 0. The molecule has 0 saturated heterocycles. The maximum Gasteiger partial charge on any atom is 0.261 e. The molecule has 0 radical (unpaired) electrons. The van der Waals surface area contributed by atoms with Crippen LogP contribution < -0.4 is 0 Å². The molecule has 5 heteroatoms. The Morgan fingerprint density at radius 2 is 1.75 bits per heavy atom. The number of nitrogens with zero attached hydrogens (tertiary/aromatic N) is 1. The molecule has 0 aromatic heterocycles. The van der Waals surface area contributed by atoms with Gasteiger partial charge in [-0.3, -0.25) is 0 Å². The van der Waals surface area contributed by atoms with Crippen LogP contribution in [-0.2, 0) is 9.05 Å². The SMILES string of the molecule is C=C/C(C#N)=C\C=C(/C=C)S(=O)(=O)Cl.CC. The van der Waals surface area contributed by atoms with Crippen LogP contribution in [0.2, 0.25) is 0 Å². The third-order valence-corrected chi connectivity index (χ3v) is 2.66. The van der Waals surface area contributed by atoms with Crippen LogP contribution in [0.1, 0.15) is 13.8 Å². The summed E-state index contributed by atoms with van der Waals surface area (Å²) in [5.74, 6) is 0. The van der Waals surface area contributed by atoms with Crippen molar-refractivity contribution in [3.8, 4) is 6.07 Å². The van der Waals surface area contributed by atoms with E-state index in [0.29, 0.717) is 0 Å². The molecule has 0 fully saturated rings. The van der Waals surface area contributed by atoms with Crippen molar-refractivity contribution >= 4 is 19.7 Å². The Morgan fingerprint density at radius 3 is 2.00 bits per heavy atom. The molecule has 0 atom stereocenters. The molecule has 0 aliphatic carbocycles. The Bertz CT molecular complexity index is 439. The van der Waals surface area contributed by atoms with E-state index in [1.165, 1.54) is 18.2 Å². The van der Waals surface area contributed by atoms with Crippen LogP contribution in [0.15, 0.2) is 47.9 Å². The summed E-state index contributed by atoms with van der Waals surface area (Å²) < 4.78 is 21.7. The number of hydrogen-bond donors (Lipinski definition) is 0. The first-order chi connectivity index (χ1) is 7.45. The number of nitriles is 1. The Morgan fingerprint density at radius 1 is 1.25 bits per heavy atom. The predicted molar refractivity (Wildman–Crippen MR) is 68.3 cm³/mol. The van der Waals surface area contributed by atoms with Gasteiger partial charge in [-0.15, -0.1) is 0 Å². The molecule has 0 saturated carbocycles. The van der Waals surface area contributed by atoms with E-state index in [4.69, 9.17) is 15.9 Å². The molecule has 0 bridgehead atoms. The van der Waals surface area contributed by atoms with Crippen LogP contribution in [-0.4, -0.2) is 8.42 Å². The fourth-order valence-electron chi connectivity index (χ4n) is 0.572.